The van der Waals surface area contributed by atoms with E-state index in [4.69, 9.17) is 4.74 Å². The molecule has 0 unspecified atom stereocenters. The van der Waals surface area contributed by atoms with Crippen LogP contribution in [-0.4, -0.2) is 17.3 Å². The van der Waals surface area contributed by atoms with Gasteiger partial charge in [0.1, 0.15) is 0 Å². The van der Waals surface area contributed by atoms with Crippen LogP contribution < -0.4 is 4.90 Å². The van der Waals surface area contributed by atoms with E-state index in [1.165, 1.54) is 5.56 Å². The molecule has 1 aliphatic heterocycles. The van der Waals surface area contributed by atoms with Crippen molar-refractivity contribution in [1.82, 2.24) is 4.57 Å². The minimum absolute atomic E-state index is 0.292. The molecule has 0 N–H and O–H groups in total. The fourth-order valence-corrected chi connectivity index (χ4v) is 3.45. The summed E-state index contributed by atoms with van der Waals surface area (Å²) in [6.07, 6.45) is -0.292. The van der Waals surface area contributed by atoms with Crippen LogP contribution in [0.2, 0.25) is 0 Å². The number of carbonyl (C=O) groups is 1. The Bertz CT molecular complexity index is 911. The minimum Gasteiger partial charge on any atom is -0.449 e. The van der Waals surface area contributed by atoms with E-state index in [0.717, 1.165) is 27.8 Å². The van der Waals surface area contributed by atoms with Crippen LogP contribution in [-0.2, 0) is 18.3 Å². The monoisotopic (exact) mass is 306 g/mol. The summed E-state index contributed by atoms with van der Waals surface area (Å²) in [5, 5.41) is 1.08. The minimum atomic E-state index is -0.292. The fourth-order valence-electron chi connectivity index (χ4n) is 3.45. The Kier molecular flexibility index (Phi) is 3.11. The molecule has 0 saturated carbocycles. The summed E-state index contributed by atoms with van der Waals surface area (Å²) >= 11 is 0. The van der Waals surface area contributed by atoms with E-state index in [-0.39, 0.29) is 6.09 Å². The predicted octanol–water partition coefficient (Wildman–Crippen LogP) is 4.32. The Hall–Kier alpha value is -2.75. The van der Waals surface area contributed by atoms with Gasteiger partial charge < -0.3 is 9.30 Å². The first-order valence-electron chi connectivity index (χ1n) is 7.82. The quantitative estimate of drug-likeness (QED) is 0.671. The van der Waals surface area contributed by atoms with Crippen molar-refractivity contribution in [2.45, 2.75) is 13.5 Å². The maximum Gasteiger partial charge on any atom is 0.414 e. The summed E-state index contributed by atoms with van der Waals surface area (Å²) in [7, 11) is 2.05. The van der Waals surface area contributed by atoms with E-state index in [1.807, 2.05) is 38.2 Å². The maximum atomic E-state index is 12.5. The first kappa shape index (κ1) is 13.9. The van der Waals surface area contributed by atoms with Crippen LogP contribution >= 0.6 is 0 Å². The Balaban J connectivity index is 2.05. The Morgan fingerprint density at radius 3 is 2.70 bits per heavy atom. The molecule has 4 rings (SSSR count). The highest BCUT2D eigenvalue weighted by Crippen LogP contribution is 2.45. The third-order valence-electron chi connectivity index (χ3n) is 4.44. The molecule has 0 spiro atoms. The van der Waals surface area contributed by atoms with Crippen molar-refractivity contribution >= 4 is 22.7 Å². The average Bonchev–Trinajstić information content (AvgIpc) is 2.88. The van der Waals surface area contributed by atoms with Gasteiger partial charge in [-0.05, 0) is 18.6 Å². The number of para-hydroxylation sites is 1. The Labute approximate surface area is 134 Å². The highest BCUT2D eigenvalue weighted by molar-refractivity contribution is 6.10. The lowest BCUT2D eigenvalue weighted by Crippen LogP contribution is -2.33. The maximum absolute atomic E-state index is 12.5. The average molecular weight is 306 g/mol. The standard InChI is InChI=1S/C19H18N2O2/c1-3-23-19(22)21-12-13-8-4-5-9-14(13)17-18(21)15-10-6-7-11-16(15)20(17)2/h4-11H,3,12H2,1-2H3. The zero-order valence-corrected chi connectivity index (χ0v) is 13.2. The summed E-state index contributed by atoms with van der Waals surface area (Å²) < 4.78 is 7.45. The van der Waals surface area contributed by atoms with Gasteiger partial charge in [-0.25, -0.2) is 4.79 Å². The molecule has 4 heteroatoms. The molecular weight excluding hydrogens is 288 g/mol. The van der Waals surface area contributed by atoms with Gasteiger partial charge in [0.05, 0.1) is 30.0 Å². The number of aromatic nitrogens is 1. The second-order valence-corrected chi connectivity index (χ2v) is 5.72. The molecule has 0 atom stereocenters. The van der Waals surface area contributed by atoms with E-state index in [9.17, 15) is 4.79 Å². The number of ether oxygens (including phenoxy) is 1. The van der Waals surface area contributed by atoms with Gasteiger partial charge in [-0.15, -0.1) is 0 Å². The number of nitrogens with zero attached hydrogens (tertiary/aromatic N) is 2. The smallest absolute Gasteiger partial charge is 0.414 e. The van der Waals surface area contributed by atoms with Crippen molar-refractivity contribution in [2.75, 3.05) is 11.5 Å². The number of rotatable bonds is 1. The molecule has 23 heavy (non-hydrogen) atoms. The number of carbonyl (C=O) groups excluding carboxylic acids is 1. The van der Waals surface area contributed by atoms with Crippen LogP contribution in [0.5, 0.6) is 0 Å². The van der Waals surface area contributed by atoms with Crippen LogP contribution in [0.3, 0.4) is 0 Å². The molecule has 0 bridgehead atoms. The Morgan fingerprint density at radius 1 is 1.13 bits per heavy atom. The molecule has 1 aromatic heterocycles. The third-order valence-corrected chi connectivity index (χ3v) is 4.44. The molecule has 1 amide bonds. The molecule has 0 saturated heterocycles. The molecule has 4 nitrogen and oxygen atoms in total. The summed E-state index contributed by atoms with van der Waals surface area (Å²) in [5.74, 6) is 0. The van der Waals surface area contributed by atoms with Crippen molar-refractivity contribution in [2.24, 2.45) is 7.05 Å². The lowest BCUT2D eigenvalue weighted by atomic mass is 9.98. The van der Waals surface area contributed by atoms with E-state index < -0.39 is 0 Å². The van der Waals surface area contributed by atoms with Crippen LogP contribution in [0.1, 0.15) is 12.5 Å². The van der Waals surface area contributed by atoms with Gasteiger partial charge in [0.25, 0.3) is 0 Å². The number of amides is 1. The molecule has 3 aromatic rings. The van der Waals surface area contributed by atoms with Crippen LogP contribution in [0.25, 0.3) is 22.2 Å². The van der Waals surface area contributed by atoms with Crippen molar-refractivity contribution < 1.29 is 9.53 Å². The van der Waals surface area contributed by atoms with Gasteiger partial charge in [-0.2, -0.15) is 0 Å². The van der Waals surface area contributed by atoms with Crippen LogP contribution in [0.4, 0.5) is 10.5 Å². The topological polar surface area (TPSA) is 34.5 Å². The van der Waals surface area contributed by atoms with E-state index in [2.05, 4.69) is 28.8 Å². The lowest BCUT2D eigenvalue weighted by molar-refractivity contribution is 0.159. The molecule has 0 radical (unpaired) electrons. The van der Waals surface area contributed by atoms with Gasteiger partial charge in [0.15, 0.2) is 0 Å². The van der Waals surface area contributed by atoms with Crippen molar-refractivity contribution in [3.8, 4) is 11.3 Å². The summed E-state index contributed by atoms with van der Waals surface area (Å²) in [4.78, 5) is 14.3. The van der Waals surface area contributed by atoms with Crippen LogP contribution in [0, 0.1) is 0 Å². The number of hydrogen-bond acceptors (Lipinski definition) is 2. The van der Waals surface area contributed by atoms with E-state index in [1.54, 1.807) is 4.90 Å². The van der Waals surface area contributed by atoms with Crippen molar-refractivity contribution in [1.29, 1.82) is 0 Å². The number of hydrogen-bond donors (Lipinski definition) is 0. The molecular formula is C19H18N2O2. The van der Waals surface area contributed by atoms with Gasteiger partial charge in [-0.1, -0.05) is 42.5 Å². The number of fused-ring (bicyclic) bond motifs is 5. The molecule has 2 aromatic carbocycles. The second kappa shape index (κ2) is 5.16. The molecule has 1 aliphatic rings. The van der Waals surface area contributed by atoms with Crippen LogP contribution in [0.15, 0.2) is 48.5 Å². The van der Waals surface area contributed by atoms with Gasteiger partial charge in [0, 0.05) is 18.0 Å². The zero-order chi connectivity index (χ0) is 16.0. The van der Waals surface area contributed by atoms with E-state index in [0.29, 0.717) is 13.2 Å². The Morgan fingerprint density at radius 2 is 1.87 bits per heavy atom. The molecule has 0 fully saturated rings. The number of anilines is 1. The zero-order valence-electron chi connectivity index (χ0n) is 13.2. The van der Waals surface area contributed by atoms with Crippen molar-refractivity contribution in [3.63, 3.8) is 0 Å². The largest absolute Gasteiger partial charge is 0.449 e. The van der Waals surface area contributed by atoms with E-state index >= 15 is 0 Å². The highest BCUT2D eigenvalue weighted by atomic mass is 16.6. The predicted molar refractivity (Wildman–Crippen MR) is 91.6 cm³/mol. The molecule has 0 aliphatic carbocycles. The van der Waals surface area contributed by atoms with Gasteiger partial charge in [0.2, 0.25) is 0 Å². The highest BCUT2D eigenvalue weighted by Gasteiger charge is 2.32. The normalized spacial score (nSPS) is 12.9. The summed E-state index contributed by atoms with van der Waals surface area (Å²) in [6.45, 7) is 2.74. The fraction of sp³-hybridized carbons (Fsp3) is 0.211. The summed E-state index contributed by atoms with van der Waals surface area (Å²) in [5.41, 5.74) is 5.45. The SMILES string of the molecule is CCOC(=O)N1Cc2ccccc2-c2c1c1ccccc1n2C. The first-order valence-corrected chi connectivity index (χ1v) is 7.82. The lowest BCUT2D eigenvalue weighted by Gasteiger charge is -2.29. The third kappa shape index (κ3) is 1.95. The van der Waals surface area contributed by atoms with Gasteiger partial charge in [-0.3, -0.25) is 4.90 Å². The number of aryl methyl sites for hydroxylation is 1. The summed E-state index contributed by atoms with van der Waals surface area (Å²) in [6, 6.07) is 16.4. The molecule has 116 valence electrons. The number of benzene rings is 2. The second-order valence-electron chi connectivity index (χ2n) is 5.72. The molecule has 2 heterocycles. The first-order chi connectivity index (χ1) is 11.2. The van der Waals surface area contributed by atoms with Gasteiger partial charge >= 0.3 is 6.09 Å². The van der Waals surface area contributed by atoms with Crippen molar-refractivity contribution in [3.05, 3.63) is 54.1 Å².